The van der Waals surface area contributed by atoms with Crippen LogP contribution >= 0.6 is 0 Å². The van der Waals surface area contributed by atoms with E-state index >= 15 is 0 Å². The molecular weight excluding hydrogens is 250 g/mol. The van der Waals surface area contributed by atoms with Gasteiger partial charge in [0.1, 0.15) is 11.6 Å². The van der Waals surface area contributed by atoms with E-state index in [0.29, 0.717) is 5.92 Å². The Labute approximate surface area is 119 Å². The van der Waals surface area contributed by atoms with Gasteiger partial charge in [0, 0.05) is 25.2 Å². The van der Waals surface area contributed by atoms with E-state index in [9.17, 15) is 0 Å². The molecule has 4 nitrogen and oxygen atoms in total. The number of nitrogens with one attached hydrogen (secondary N) is 1. The van der Waals surface area contributed by atoms with Gasteiger partial charge in [-0.25, -0.2) is 9.97 Å². The van der Waals surface area contributed by atoms with Crippen LogP contribution in [0.3, 0.4) is 0 Å². The molecule has 4 heteroatoms. The zero-order valence-corrected chi connectivity index (χ0v) is 12.1. The molecule has 0 bridgehead atoms. The number of ether oxygens (including phenoxy) is 1. The zero-order valence-electron chi connectivity index (χ0n) is 12.1. The first kappa shape index (κ1) is 12.9. The van der Waals surface area contributed by atoms with E-state index in [2.05, 4.69) is 35.2 Å². The predicted octanol–water partition coefficient (Wildman–Crippen LogP) is 3.32. The molecule has 2 heterocycles. The highest BCUT2D eigenvalue weighted by molar-refractivity contribution is 5.40. The van der Waals surface area contributed by atoms with Crippen LogP contribution in [0, 0.1) is 0 Å². The largest absolute Gasteiger partial charge is 0.482 e. The molecule has 1 aliphatic rings. The highest BCUT2D eigenvalue weighted by Crippen LogP contribution is 2.35. The molecule has 0 spiro atoms. The van der Waals surface area contributed by atoms with Crippen molar-refractivity contribution >= 4 is 5.82 Å². The summed E-state index contributed by atoms with van der Waals surface area (Å²) in [5, 5.41) is 3.10. The number of hydrogen-bond acceptors (Lipinski definition) is 4. The number of fused-ring (bicyclic) bond motifs is 1. The minimum atomic E-state index is -0.0850. The first-order valence-electron chi connectivity index (χ1n) is 6.98. The smallest absolute Gasteiger partial charge is 0.172 e. The number of benzene rings is 1. The van der Waals surface area contributed by atoms with Crippen molar-refractivity contribution in [2.75, 3.05) is 12.4 Å². The van der Waals surface area contributed by atoms with Gasteiger partial charge in [-0.3, -0.25) is 0 Å². The summed E-state index contributed by atoms with van der Waals surface area (Å²) in [4.78, 5) is 9.22. The second kappa shape index (κ2) is 5.12. The second-order valence-electron chi connectivity index (χ2n) is 5.36. The maximum absolute atomic E-state index is 5.97. The van der Waals surface area contributed by atoms with E-state index < -0.39 is 0 Å². The molecule has 0 aliphatic carbocycles. The van der Waals surface area contributed by atoms with Crippen LogP contribution in [-0.4, -0.2) is 17.0 Å². The number of aromatic nitrogens is 2. The summed E-state index contributed by atoms with van der Waals surface area (Å²) in [5.74, 6) is 2.92. The van der Waals surface area contributed by atoms with Crippen LogP contribution in [0.2, 0.25) is 0 Å². The molecule has 20 heavy (non-hydrogen) atoms. The SMILES string of the molecule is CNc1cc(C(C)C)nc(C2Cc3ccccc3O2)n1. The molecule has 0 saturated carbocycles. The third kappa shape index (κ3) is 2.33. The molecule has 1 unspecified atom stereocenters. The molecule has 1 atom stereocenters. The highest BCUT2D eigenvalue weighted by atomic mass is 16.5. The van der Waals surface area contributed by atoms with E-state index in [0.717, 1.165) is 29.5 Å². The van der Waals surface area contributed by atoms with Gasteiger partial charge in [-0.15, -0.1) is 0 Å². The number of anilines is 1. The summed E-state index contributed by atoms with van der Waals surface area (Å²) in [6.45, 7) is 4.27. The molecule has 1 aromatic heterocycles. The molecular formula is C16H19N3O. The predicted molar refractivity (Wildman–Crippen MR) is 79.2 cm³/mol. The van der Waals surface area contributed by atoms with Crippen molar-refractivity contribution in [3.63, 3.8) is 0 Å². The van der Waals surface area contributed by atoms with Gasteiger partial charge in [0.25, 0.3) is 0 Å². The fraction of sp³-hybridized carbons (Fsp3) is 0.375. The molecule has 0 fully saturated rings. The number of rotatable bonds is 3. The lowest BCUT2D eigenvalue weighted by atomic mass is 10.1. The summed E-state index contributed by atoms with van der Waals surface area (Å²) in [6.07, 6.45) is 0.749. The fourth-order valence-electron chi connectivity index (χ4n) is 2.38. The summed E-state index contributed by atoms with van der Waals surface area (Å²) in [7, 11) is 1.88. The first-order valence-corrected chi connectivity index (χ1v) is 6.98. The van der Waals surface area contributed by atoms with Gasteiger partial charge in [0.05, 0.1) is 0 Å². The standard InChI is InChI=1S/C16H19N3O/c1-10(2)12-9-15(17-3)19-16(18-12)14-8-11-6-4-5-7-13(11)20-14/h4-7,9-10,14H,8H2,1-3H3,(H,17,18,19). The highest BCUT2D eigenvalue weighted by Gasteiger charge is 2.27. The van der Waals surface area contributed by atoms with Crippen molar-refractivity contribution in [3.8, 4) is 5.75 Å². The fourth-order valence-corrected chi connectivity index (χ4v) is 2.38. The van der Waals surface area contributed by atoms with Crippen molar-refractivity contribution < 1.29 is 4.74 Å². The monoisotopic (exact) mass is 269 g/mol. The van der Waals surface area contributed by atoms with Crippen molar-refractivity contribution in [3.05, 3.63) is 47.4 Å². The van der Waals surface area contributed by atoms with Crippen LogP contribution in [0.1, 0.15) is 43.0 Å². The molecule has 2 aromatic rings. The first-order chi connectivity index (χ1) is 9.67. The molecule has 1 aliphatic heterocycles. The number of nitrogens with zero attached hydrogens (tertiary/aromatic N) is 2. The minimum Gasteiger partial charge on any atom is -0.482 e. The van der Waals surface area contributed by atoms with Crippen molar-refractivity contribution in [2.24, 2.45) is 0 Å². The molecule has 0 radical (unpaired) electrons. The topological polar surface area (TPSA) is 47.0 Å². The molecule has 0 saturated heterocycles. The normalized spacial score (nSPS) is 16.9. The summed E-state index contributed by atoms with van der Waals surface area (Å²) < 4.78 is 5.97. The summed E-state index contributed by atoms with van der Waals surface area (Å²) in [6, 6.07) is 10.1. The van der Waals surface area contributed by atoms with Crippen molar-refractivity contribution in [1.29, 1.82) is 0 Å². The Balaban J connectivity index is 1.94. The molecule has 1 aromatic carbocycles. The van der Waals surface area contributed by atoms with Crippen LogP contribution < -0.4 is 10.1 Å². The van der Waals surface area contributed by atoms with E-state index in [-0.39, 0.29) is 6.10 Å². The summed E-state index contributed by atoms with van der Waals surface area (Å²) >= 11 is 0. The third-order valence-corrected chi connectivity index (χ3v) is 3.55. The van der Waals surface area contributed by atoms with Crippen LogP contribution in [0.15, 0.2) is 30.3 Å². The average molecular weight is 269 g/mol. The molecule has 0 amide bonds. The summed E-state index contributed by atoms with van der Waals surface area (Å²) in [5.41, 5.74) is 2.26. The maximum atomic E-state index is 5.97. The van der Waals surface area contributed by atoms with Crippen molar-refractivity contribution in [2.45, 2.75) is 32.3 Å². The molecule has 104 valence electrons. The zero-order chi connectivity index (χ0) is 14.1. The molecule has 3 rings (SSSR count). The van der Waals surface area contributed by atoms with Crippen molar-refractivity contribution in [1.82, 2.24) is 9.97 Å². The Bertz CT molecular complexity index is 600. The van der Waals surface area contributed by atoms with Gasteiger partial charge in [-0.1, -0.05) is 32.0 Å². The number of hydrogen-bond donors (Lipinski definition) is 1. The minimum absolute atomic E-state index is 0.0850. The van der Waals surface area contributed by atoms with Crippen LogP contribution in [0.5, 0.6) is 5.75 Å². The Hall–Kier alpha value is -2.10. The van der Waals surface area contributed by atoms with Gasteiger partial charge in [-0.05, 0) is 17.5 Å². The Morgan fingerprint density at radius 2 is 2.05 bits per heavy atom. The number of para-hydroxylation sites is 1. The van der Waals surface area contributed by atoms with Crippen LogP contribution in [-0.2, 0) is 6.42 Å². The van der Waals surface area contributed by atoms with Gasteiger partial charge in [-0.2, -0.15) is 0 Å². The Morgan fingerprint density at radius 1 is 1.25 bits per heavy atom. The Kier molecular flexibility index (Phi) is 3.30. The van der Waals surface area contributed by atoms with Gasteiger partial charge < -0.3 is 10.1 Å². The molecule has 1 N–H and O–H groups in total. The lowest BCUT2D eigenvalue weighted by Crippen LogP contribution is -2.12. The lowest BCUT2D eigenvalue weighted by Gasteiger charge is -2.14. The van der Waals surface area contributed by atoms with Gasteiger partial charge in [0.2, 0.25) is 0 Å². The maximum Gasteiger partial charge on any atom is 0.172 e. The van der Waals surface area contributed by atoms with E-state index in [1.807, 2.05) is 31.3 Å². The van der Waals surface area contributed by atoms with Gasteiger partial charge in [0.15, 0.2) is 11.9 Å². The van der Waals surface area contributed by atoms with Crippen LogP contribution in [0.4, 0.5) is 5.82 Å². The second-order valence-corrected chi connectivity index (χ2v) is 5.36. The van der Waals surface area contributed by atoms with E-state index in [1.54, 1.807) is 0 Å². The third-order valence-electron chi connectivity index (χ3n) is 3.55. The van der Waals surface area contributed by atoms with Gasteiger partial charge >= 0.3 is 0 Å². The quantitative estimate of drug-likeness (QED) is 0.928. The van der Waals surface area contributed by atoms with E-state index in [4.69, 9.17) is 4.74 Å². The van der Waals surface area contributed by atoms with E-state index in [1.165, 1.54) is 5.56 Å². The Morgan fingerprint density at radius 3 is 2.75 bits per heavy atom. The van der Waals surface area contributed by atoms with Crippen LogP contribution in [0.25, 0.3) is 0 Å². The average Bonchev–Trinajstić information content (AvgIpc) is 2.90. The lowest BCUT2D eigenvalue weighted by molar-refractivity contribution is 0.227.